The molecule has 2 saturated heterocycles. The van der Waals surface area contributed by atoms with Gasteiger partial charge in [0, 0.05) is 45.8 Å². The van der Waals surface area contributed by atoms with Crippen LogP contribution in [0.25, 0.3) is 0 Å². The lowest BCUT2D eigenvalue weighted by Crippen LogP contribution is -2.50. The Morgan fingerprint density at radius 2 is 1.82 bits per heavy atom. The summed E-state index contributed by atoms with van der Waals surface area (Å²) < 4.78 is 5.08. The molecule has 2 unspecified atom stereocenters. The molecule has 2 rings (SSSR count). The standard InChI is InChI=1S/C21H41N5O2/c1-5-28-21(27)26-12-8-19(9-13-26)24-20(22-4)23-10-6-7-11-25-15-17(2)14-18(3)16-25/h17-19H,5-16H2,1-4H3,(H2,22,23,24). The van der Waals surface area contributed by atoms with Crippen LogP contribution in [-0.2, 0) is 4.74 Å². The molecule has 7 nitrogen and oxygen atoms in total. The first kappa shape index (κ1) is 22.8. The lowest BCUT2D eigenvalue weighted by molar-refractivity contribution is 0.0963. The average Bonchev–Trinajstić information content (AvgIpc) is 2.66. The molecular weight excluding hydrogens is 354 g/mol. The maximum absolute atomic E-state index is 11.8. The Bertz CT molecular complexity index is 481. The number of guanidine groups is 1. The second-order valence-electron chi connectivity index (χ2n) is 8.52. The van der Waals surface area contributed by atoms with E-state index in [2.05, 4.69) is 34.4 Å². The van der Waals surface area contributed by atoms with Crippen LogP contribution in [-0.4, -0.2) is 80.8 Å². The maximum atomic E-state index is 11.8. The molecule has 2 fully saturated rings. The highest BCUT2D eigenvalue weighted by molar-refractivity contribution is 5.80. The van der Waals surface area contributed by atoms with Gasteiger partial charge in [0.2, 0.25) is 0 Å². The molecule has 1 amide bonds. The Morgan fingerprint density at radius 1 is 1.14 bits per heavy atom. The van der Waals surface area contributed by atoms with E-state index < -0.39 is 0 Å². The predicted molar refractivity (Wildman–Crippen MR) is 115 cm³/mol. The summed E-state index contributed by atoms with van der Waals surface area (Å²) in [6, 6.07) is 0.355. The molecular formula is C21H41N5O2. The van der Waals surface area contributed by atoms with Gasteiger partial charge in [-0.2, -0.15) is 0 Å². The summed E-state index contributed by atoms with van der Waals surface area (Å²) in [4.78, 5) is 20.6. The van der Waals surface area contributed by atoms with Crippen LogP contribution in [0.3, 0.4) is 0 Å². The van der Waals surface area contributed by atoms with Gasteiger partial charge < -0.3 is 25.2 Å². The van der Waals surface area contributed by atoms with E-state index >= 15 is 0 Å². The third-order valence-corrected chi connectivity index (χ3v) is 5.72. The van der Waals surface area contributed by atoms with Crippen molar-refractivity contribution in [3.8, 4) is 0 Å². The van der Waals surface area contributed by atoms with Gasteiger partial charge in [0.15, 0.2) is 5.96 Å². The first-order valence-electron chi connectivity index (χ1n) is 11.1. The van der Waals surface area contributed by atoms with Crippen molar-refractivity contribution in [3.63, 3.8) is 0 Å². The molecule has 2 heterocycles. The normalized spacial score (nSPS) is 24.9. The number of aliphatic imine (C=N–C) groups is 1. The molecule has 2 atom stereocenters. The van der Waals surface area contributed by atoms with E-state index in [0.717, 1.165) is 56.7 Å². The molecule has 162 valence electrons. The summed E-state index contributed by atoms with van der Waals surface area (Å²) in [5.41, 5.74) is 0. The summed E-state index contributed by atoms with van der Waals surface area (Å²) in [6.07, 6.45) is 5.40. The van der Waals surface area contributed by atoms with Crippen molar-refractivity contribution in [3.05, 3.63) is 0 Å². The molecule has 7 heteroatoms. The number of hydrogen-bond donors (Lipinski definition) is 2. The van der Waals surface area contributed by atoms with Crippen molar-refractivity contribution in [1.29, 1.82) is 0 Å². The van der Waals surface area contributed by atoms with Gasteiger partial charge in [0.25, 0.3) is 0 Å². The minimum atomic E-state index is -0.194. The van der Waals surface area contributed by atoms with Crippen LogP contribution in [0.1, 0.15) is 52.9 Å². The number of nitrogens with one attached hydrogen (secondary N) is 2. The Balaban J connectivity index is 1.57. The molecule has 0 aliphatic carbocycles. The van der Waals surface area contributed by atoms with E-state index in [0.29, 0.717) is 12.6 Å². The average molecular weight is 396 g/mol. The van der Waals surface area contributed by atoms with Gasteiger partial charge in [-0.25, -0.2) is 4.79 Å². The smallest absolute Gasteiger partial charge is 0.409 e. The topological polar surface area (TPSA) is 69.2 Å². The number of amides is 1. The number of rotatable bonds is 7. The molecule has 0 saturated carbocycles. The SMILES string of the molecule is CCOC(=O)N1CCC(NC(=NC)NCCCCN2CC(C)CC(C)C2)CC1. The van der Waals surface area contributed by atoms with Crippen molar-refractivity contribution >= 4 is 12.1 Å². The lowest BCUT2D eigenvalue weighted by atomic mass is 9.92. The third-order valence-electron chi connectivity index (χ3n) is 5.72. The van der Waals surface area contributed by atoms with Crippen LogP contribution in [0, 0.1) is 11.8 Å². The van der Waals surface area contributed by atoms with Gasteiger partial charge >= 0.3 is 6.09 Å². The second kappa shape index (κ2) is 12.1. The largest absolute Gasteiger partial charge is 0.450 e. The number of carbonyl (C=O) groups is 1. The van der Waals surface area contributed by atoms with E-state index in [1.165, 1.54) is 32.5 Å². The van der Waals surface area contributed by atoms with Crippen LogP contribution < -0.4 is 10.6 Å². The molecule has 0 aromatic heterocycles. The van der Waals surface area contributed by atoms with Crippen LogP contribution in [0.5, 0.6) is 0 Å². The zero-order valence-electron chi connectivity index (χ0n) is 18.4. The third kappa shape index (κ3) is 7.86. The predicted octanol–water partition coefficient (Wildman–Crippen LogP) is 2.53. The summed E-state index contributed by atoms with van der Waals surface area (Å²) in [7, 11) is 1.82. The van der Waals surface area contributed by atoms with E-state index in [1.54, 1.807) is 4.90 Å². The molecule has 2 N–H and O–H groups in total. The van der Waals surface area contributed by atoms with Gasteiger partial charge in [-0.3, -0.25) is 4.99 Å². The van der Waals surface area contributed by atoms with Crippen molar-refractivity contribution in [2.45, 2.75) is 58.9 Å². The highest BCUT2D eigenvalue weighted by Gasteiger charge is 2.24. The van der Waals surface area contributed by atoms with Crippen molar-refractivity contribution in [2.24, 2.45) is 16.8 Å². The van der Waals surface area contributed by atoms with Gasteiger partial charge in [-0.15, -0.1) is 0 Å². The fourth-order valence-corrected chi connectivity index (χ4v) is 4.45. The molecule has 2 aliphatic heterocycles. The van der Waals surface area contributed by atoms with Crippen LogP contribution in [0.15, 0.2) is 4.99 Å². The van der Waals surface area contributed by atoms with E-state index in [4.69, 9.17) is 4.74 Å². The first-order chi connectivity index (χ1) is 13.5. The van der Waals surface area contributed by atoms with E-state index in [9.17, 15) is 4.79 Å². The number of nitrogens with zero attached hydrogens (tertiary/aromatic N) is 3. The van der Waals surface area contributed by atoms with E-state index in [1.807, 2.05) is 14.0 Å². The number of ether oxygens (including phenoxy) is 1. The minimum Gasteiger partial charge on any atom is -0.450 e. The van der Waals surface area contributed by atoms with Gasteiger partial charge in [0.05, 0.1) is 6.61 Å². The van der Waals surface area contributed by atoms with Gasteiger partial charge in [-0.05, 0) is 57.4 Å². The maximum Gasteiger partial charge on any atom is 0.409 e. The van der Waals surface area contributed by atoms with Crippen LogP contribution >= 0.6 is 0 Å². The molecule has 0 aromatic carbocycles. The lowest BCUT2D eigenvalue weighted by Gasteiger charge is -2.35. The van der Waals surface area contributed by atoms with Gasteiger partial charge in [-0.1, -0.05) is 13.8 Å². The van der Waals surface area contributed by atoms with Crippen molar-refractivity contribution in [1.82, 2.24) is 20.4 Å². The van der Waals surface area contributed by atoms with Crippen LogP contribution in [0.4, 0.5) is 4.79 Å². The molecule has 0 aromatic rings. The fourth-order valence-electron chi connectivity index (χ4n) is 4.45. The molecule has 0 bridgehead atoms. The first-order valence-corrected chi connectivity index (χ1v) is 11.1. The second-order valence-corrected chi connectivity index (χ2v) is 8.52. The summed E-state index contributed by atoms with van der Waals surface area (Å²) >= 11 is 0. The Hall–Kier alpha value is -1.50. The molecule has 0 spiro atoms. The Labute approximate surface area is 171 Å². The summed E-state index contributed by atoms with van der Waals surface area (Å²) in [6.45, 7) is 13.2. The molecule has 2 aliphatic rings. The number of carbonyl (C=O) groups excluding carboxylic acids is 1. The Morgan fingerprint density at radius 3 is 2.43 bits per heavy atom. The zero-order chi connectivity index (χ0) is 20.4. The zero-order valence-corrected chi connectivity index (χ0v) is 18.4. The van der Waals surface area contributed by atoms with Crippen molar-refractivity contribution in [2.75, 3.05) is 52.9 Å². The summed E-state index contributed by atoms with van der Waals surface area (Å²) in [5.74, 6) is 2.54. The van der Waals surface area contributed by atoms with Gasteiger partial charge in [0.1, 0.15) is 0 Å². The number of hydrogen-bond acceptors (Lipinski definition) is 4. The minimum absolute atomic E-state index is 0.194. The number of piperidine rings is 2. The van der Waals surface area contributed by atoms with Crippen molar-refractivity contribution < 1.29 is 9.53 Å². The molecule has 0 radical (unpaired) electrons. The monoisotopic (exact) mass is 395 g/mol. The Kier molecular flexibility index (Phi) is 9.88. The highest BCUT2D eigenvalue weighted by atomic mass is 16.6. The quantitative estimate of drug-likeness (QED) is 0.394. The fraction of sp³-hybridized carbons (Fsp3) is 0.905. The van der Waals surface area contributed by atoms with Crippen LogP contribution in [0.2, 0.25) is 0 Å². The number of unbranched alkanes of at least 4 members (excludes halogenated alkanes) is 1. The number of likely N-dealkylation sites (tertiary alicyclic amines) is 2. The highest BCUT2D eigenvalue weighted by Crippen LogP contribution is 2.21. The van der Waals surface area contributed by atoms with E-state index in [-0.39, 0.29) is 6.09 Å². The summed E-state index contributed by atoms with van der Waals surface area (Å²) in [5, 5.41) is 6.94. The molecule has 28 heavy (non-hydrogen) atoms.